The Labute approximate surface area is 275 Å². The minimum Gasteiger partial charge on any atom is -0.468 e. The van der Waals surface area contributed by atoms with Crippen molar-refractivity contribution in [2.75, 3.05) is 20.2 Å². The number of rotatable bonds is 11. The third kappa shape index (κ3) is 8.63. The van der Waals surface area contributed by atoms with Crippen molar-refractivity contribution in [2.45, 2.75) is 87.0 Å². The Morgan fingerprint density at radius 3 is 2.51 bits per heavy atom. The molecule has 12 heteroatoms. The minimum absolute atomic E-state index is 0.0470. The van der Waals surface area contributed by atoms with Crippen LogP contribution in [-0.4, -0.2) is 57.5 Å². The number of sulfonamides is 1. The Morgan fingerprint density at radius 1 is 1.02 bits per heavy atom. The lowest BCUT2D eigenvalue weighted by atomic mass is 9.64. The Bertz CT molecular complexity index is 1530. The van der Waals surface area contributed by atoms with Crippen LogP contribution in [0.3, 0.4) is 0 Å². The van der Waals surface area contributed by atoms with Crippen LogP contribution in [0.4, 0.5) is 13.2 Å². The molecule has 3 fully saturated rings. The number of carbonyl (C=O) groups excluding carboxylic acids is 2. The zero-order valence-corrected chi connectivity index (χ0v) is 27.5. The van der Waals surface area contributed by atoms with Gasteiger partial charge in [-0.2, -0.15) is 13.2 Å². The summed E-state index contributed by atoms with van der Waals surface area (Å²) in [6.07, 6.45) is 2.59. The van der Waals surface area contributed by atoms with Crippen molar-refractivity contribution in [3.05, 3.63) is 77.9 Å². The minimum atomic E-state index is -4.70. The third-order valence-electron chi connectivity index (χ3n) is 10.2. The smallest absolute Gasteiger partial charge is 0.416 e. The fourth-order valence-corrected chi connectivity index (χ4v) is 9.05. The summed E-state index contributed by atoms with van der Waals surface area (Å²) in [6.45, 7) is 5.95. The van der Waals surface area contributed by atoms with Crippen molar-refractivity contribution in [3.63, 3.8) is 0 Å². The summed E-state index contributed by atoms with van der Waals surface area (Å²) in [5.74, 6) is 0.554. The summed E-state index contributed by atoms with van der Waals surface area (Å²) in [7, 11) is -2.96. The molecule has 1 amide bonds. The van der Waals surface area contributed by atoms with E-state index in [9.17, 15) is 31.2 Å². The quantitative estimate of drug-likeness (QED) is 0.223. The molecule has 8 nitrogen and oxygen atoms in total. The summed E-state index contributed by atoms with van der Waals surface area (Å²) in [4.78, 5) is 27.4. The SMILES string of the molecule is C=C(CN1CCC[C@H]1C(=O)OC)C1CCC2C(CCCC2NC(=O)C[C@@H](NS(=O)(=O)c2cccc(C(F)(F)F)c2)c2ccccc2)C1. The first kappa shape index (κ1) is 35.1. The number of methoxy groups -OCH3 is 1. The fourth-order valence-electron chi connectivity index (χ4n) is 7.78. The van der Waals surface area contributed by atoms with Gasteiger partial charge in [0.25, 0.3) is 0 Å². The van der Waals surface area contributed by atoms with Gasteiger partial charge < -0.3 is 10.1 Å². The second-order valence-corrected chi connectivity index (χ2v) is 14.9. The van der Waals surface area contributed by atoms with Gasteiger partial charge in [0.05, 0.1) is 23.6 Å². The second kappa shape index (κ2) is 14.9. The average molecular weight is 676 g/mol. The standard InChI is InChI=1S/C35H44F3N3O5S/c1-23(22-41-18-8-15-32(41)34(43)46-2)25-16-17-29-26(19-25)11-6-14-30(29)39-33(42)21-31(24-9-4-3-5-10-24)40-47(44,45)28-13-7-12-27(20-28)35(36,37)38/h3-5,7,9-10,12-13,20,25-26,29-32,40H,1,6,8,11,14-19,21-22H2,2H3,(H,39,42)/t25?,26?,29?,30?,31-,32+/m1/s1. The topological polar surface area (TPSA) is 105 Å². The molecule has 1 aliphatic heterocycles. The molecule has 2 aromatic carbocycles. The van der Waals surface area contributed by atoms with Gasteiger partial charge in [-0.1, -0.05) is 61.4 Å². The Morgan fingerprint density at radius 2 is 1.79 bits per heavy atom. The van der Waals surface area contributed by atoms with Gasteiger partial charge in [0.1, 0.15) is 6.04 Å². The number of esters is 1. The number of hydrogen-bond acceptors (Lipinski definition) is 6. The Kier molecular flexibility index (Phi) is 11.1. The van der Waals surface area contributed by atoms with Gasteiger partial charge in [-0.25, -0.2) is 13.1 Å². The van der Waals surface area contributed by atoms with Crippen molar-refractivity contribution < 1.29 is 35.9 Å². The molecule has 256 valence electrons. The second-order valence-electron chi connectivity index (χ2n) is 13.2. The Balaban J connectivity index is 1.22. The predicted octanol–water partition coefficient (Wildman–Crippen LogP) is 6.01. The van der Waals surface area contributed by atoms with E-state index in [0.717, 1.165) is 81.7 Å². The molecule has 47 heavy (non-hydrogen) atoms. The number of halogens is 3. The summed E-state index contributed by atoms with van der Waals surface area (Å²) in [5, 5.41) is 3.20. The lowest BCUT2D eigenvalue weighted by molar-refractivity contribution is -0.145. The van der Waals surface area contributed by atoms with Gasteiger partial charge in [0.15, 0.2) is 0 Å². The lowest BCUT2D eigenvalue weighted by Gasteiger charge is -2.45. The average Bonchev–Trinajstić information content (AvgIpc) is 3.52. The van der Waals surface area contributed by atoms with Crippen LogP contribution >= 0.6 is 0 Å². The normalized spacial score (nSPS) is 25.8. The van der Waals surface area contributed by atoms with E-state index >= 15 is 0 Å². The van der Waals surface area contributed by atoms with Gasteiger partial charge in [-0.05, 0) is 86.6 Å². The number of hydrogen-bond donors (Lipinski definition) is 2. The lowest BCUT2D eigenvalue weighted by Crippen LogP contribution is -2.48. The molecule has 2 saturated carbocycles. The molecule has 0 bridgehead atoms. The molecule has 3 aliphatic rings. The van der Waals surface area contributed by atoms with Crippen LogP contribution in [0.25, 0.3) is 0 Å². The van der Waals surface area contributed by atoms with Crippen LogP contribution in [0.1, 0.15) is 75.0 Å². The van der Waals surface area contributed by atoms with E-state index in [1.165, 1.54) is 7.11 Å². The molecule has 1 saturated heterocycles. The van der Waals surface area contributed by atoms with Crippen LogP contribution in [-0.2, 0) is 30.5 Å². The van der Waals surface area contributed by atoms with E-state index in [1.807, 2.05) is 0 Å². The Hall–Kier alpha value is -3.22. The highest BCUT2D eigenvalue weighted by atomic mass is 32.2. The van der Waals surface area contributed by atoms with Gasteiger partial charge >= 0.3 is 12.1 Å². The zero-order chi connectivity index (χ0) is 33.8. The molecule has 1 heterocycles. The van der Waals surface area contributed by atoms with Crippen LogP contribution in [0, 0.1) is 17.8 Å². The fraction of sp³-hybridized carbons (Fsp3) is 0.543. The molecule has 5 rings (SSSR count). The van der Waals surface area contributed by atoms with Crippen molar-refractivity contribution in [2.24, 2.45) is 17.8 Å². The number of benzene rings is 2. The molecule has 0 spiro atoms. The maximum Gasteiger partial charge on any atom is 0.416 e. The molecular weight excluding hydrogens is 631 g/mol. The largest absolute Gasteiger partial charge is 0.468 e. The molecule has 2 N–H and O–H groups in total. The number of amides is 1. The van der Waals surface area contributed by atoms with Gasteiger partial charge in [-0.15, -0.1) is 0 Å². The summed E-state index contributed by atoms with van der Waals surface area (Å²) in [6, 6.07) is 10.9. The number of carbonyl (C=O) groups is 2. The van der Waals surface area contributed by atoms with E-state index in [4.69, 9.17) is 4.74 Å². The highest BCUT2D eigenvalue weighted by molar-refractivity contribution is 7.89. The van der Waals surface area contributed by atoms with E-state index in [0.29, 0.717) is 35.9 Å². The molecule has 2 aliphatic carbocycles. The van der Waals surface area contributed by atoms with Crippen LogP contribution in [0.2, 0.25) is 0 Å². The molecular formula is C35H44F3N3O5S. The molecule has 0 aromatic heterocycles. The van der Waals surface area contributed by atoms with E-state index < -0.39 is 32.7 Å². The van der Waals surface area contributed by atoms with Crippen molar-refractivity contribution in [1.82, 2.24) is 14.9 Å². The monoisotopic (exact) mass is 675 g/mol. The third-order valence-corrected chi connectivity index (χ3v) is 11.6. The number of nitrogens with one attached hydrogen (secondary N) is 2. The summed E-state index contributed by atoms with van der Waals surface area (Å²) >= 11 is 0. The predicted molar refractivity (Wildman–Crippen MR) is 171 cm³/mol. The van der Waals surface area contributed by atoms with E-state index in [-0.39, 0.29) is 30.4 Å². The van der Waals surface area contributed by atoms with Crippen molar-refractivity contribution in [3.8, 4) is 0 Å². The van der Waals surface area contributed by atoms with E-state index in [1.54, 1.807) is 30.3 Å². The van der Waals surface area contributed by atoms with Crippen molar-refractivity contribution >= 4 is 21.9 Å². The first-order valence-corrected chi connectivity index (χ1v) is 17.9. The summed E-state index contributed by atoms with van der Waals surface area (Å²) < 4.78 is 73.9. The highest BCUT2D eigenvalue weighted by Gasteiger charge is 2.40. The maximum absolute atomic E-state index is 13.5. The molecule has 4 unspecified atom stereocenters. The van der Waals surface area contributed by atoms with Gasteiger partial charge in [0.2, 0.25) is 15.9 Å². The number of likely N-dealkylation sites (tertiary alicyclic amines) is 1. The van der Waals surface area contributed by atoms with Gasteiger partial charge in [-0.3, -0.25) is 14.5 Å². The maximum atomic E-state index is 13.5. The van der Waals surface area contributed by atoms with Crippen molar-refractivity contribution in [1.29, 1.82) is 0 Å². The first-order valence-electron chi connectivity index (χ1n) is 16.4. The molecule has 6 atom stereocenters. The van der Waals surface area contributed by atoms with E-state index in [2.05, 4.69) is 21.5 Å². The van der Waals surface area contributed by atoms with Crippen LogP contribution in [0.15, 0.2) is 71.6 Å². The number of fused-ring (bicyclic) bond motifs is 1. The van der Waals surface area contributed by atoms with Crippen LogP contribution < -0.4 is 10.0 Å². The number of alkyl halides is 3. The molecule has 0 radical (unpaired) electrons. The van der Waals surface area contributed by atoms with Gasteiger partial charge in [0, 0.05) is 19.0 Å². The number of ether oxygens (including phenoxy) is 1. The first-order chi connectivity index (χ1) is 22.4. The number of nitrogens with zero attached hydrogens (tertiary/aromatic N) is 1. The van der Waals surface area contributed by atoms with Crippen LogP contribution in [0.5, 0.6) is 0 Å². The highest BCUT2D eigenvalue weighted by Crippen LogP contribution is 2.45. The summed E-state index contributed by atoms with van der Waals surface area (Å²) in [5.41, 5.74) is 0.608. The zero-order valence-electron chi connectivity index (χ0n) is 26.7. The molecule has 2 aromatic rings.